The van der Waals surface area contributed by atoms with Gasteiger partial charge in [0, 0.05) is 0 Å². The average Bonchev–Trinajstić information content (AvgIpc) is 2.76. The molecule has 1 atom stereocenters. The van der Waals surface area contributed by atoms with Gasteiger partial charge in [-0.1, -0.05) is 0 Å². The molecule has 0 aliphatic carbocycles. The number of nitrogens with one attached hydrogen (secondary N) is 1. The number of ether oxygens (including phenoxy) is 1. The van der Waals surface area contributed by atoms with Crippen LogP contribution >= 0.6 is 0 Å². The third-order valence-corrected chi connectivity index (χ3v) is 2.89. The van der Waals surface area contributed by atoms with Gasteiger partial charge in [-0.25, -0.2) is 9.78 Å². The number of rotatable bonds is 4. The van der Waals surface area contributed by atoms with E-state index in [9.17, 15) is 4.79 Å². The van der Waals surface area contributed by atoms with Crippen molar-refractivity contribution in [2.24, 2.45) is 0 Å². The zero-order chi connectivity index (χ0) is 12.3. The quantitative estimate of drug-likeness (QED) is 0.779. The van der Waals surface area contributed by atoms with E-state index in [4.69, 9.17) is 4.74 Å². The van der Waals surface area contributed by atoms with Crippen LogP contribution in [-0.2, 0) is 15.1 Å². The maximum atomic E-state index is 11.5. The maximum Gasteiger partial charge on any atom is 0.328 e. The number of imidazole rings is 1. The lowest BCUT2D eigenvalue weighted by molar-refractivity contribution is -0.144. The Hall–Kier alpha value is -1.36. The molecule has 90 valence electrons. The number of hydrogen-bond donors (Lipinski definition) is 1. The Balaban J connectivity index is 3.08. The summed E-state index contributed by atoms with van der Waals surface area (Å²) in [5, 5.41) is 3.18. The van der Waals surface area contributed by atoms with Crippen LogP contribution in [-0.4, -0.2) is 29.7 Å². The molecule has 0 spiro atoms. The van der Waals surface area contributed by atoms with Crippen LogP contribution in [0.5, 0.6) is 0 Å². The standard InChI is InChI=1S/C11H19N3O2/c1-8(10(15)16-5)14-7-13-6-9(14)11(2,3)12-4/h6-8,12H,1-5H3. The molecule has 0 saturated carbocycles. The molecule has 5 nitrogen and oxygen atoms in total. The van der Waals surface area contributed by atoms with Crippen LogP contribution in [0.2, 0.25) is 0 Å². The van der Waals surface area contributed by atoms with Gasteiger partial charge in [-0.2, -0.15) is 0 Å². The Morgan fingerprint density at radius 3 is 2.75 bits per heavy atom. The molecule has 1 unspecified atom stereocenters. The van der Waals surface area contributed by atoms with Crippen LogP contribution in [0, 0.1) is 0 Å². The number of esters is 1. The SMILES string of the molecule is CNC(C)(C)c1cncn1C(C)C(=O)OC. The molecule has 1 N–H and O–H groups in total. The van der Waals surface area contributed by atoms with Gasteiger partial charge >= 0.3 is 5.97 Å². The van der Waals surface area contributed by atoms with Crippen molar-refractivity contribution in [3.8, 4) is 0 Å². The predicted octanol–water partition coefficient (Wildman–Crippen LogP) is 1.07. The zero-order valence-corrected chi connectivity index (χ0v) is 10.4. The summed E-state index contributed by atoms with van der Waals surface area (Å²) in [6.45, 7) is 5.86. The Kier molecular flexibility index (Phi) is 3.70. The number of carbonyl (C=O) groups is 1. The number of nitrogens with zero attached hydrogens (tertiary/aromatic N) is 2. The van der Waals surface area contributed by atoms with E-state index < -0.39 is 0 Å². The highest BCUT2D eigenvalue weighted by molar-refractivity contribution is 5.73. The fourth-order valence-electron chi connectivity index (χ4n) is 1.51. The predicted molar refractivity (Wildman–Crippen MR) is 61.0 cm³/mol. The van der Waals surface area contributed by atoms with E-state index in [-0.39, 0.29) is 17.6 Å². The molecule has 0 aliphatic rings. The first-order valence-corrected chi connectivity index (χ1v) is 5.23. The van der Waals surface area contributed by atoms with Crippen molar-refractivity contribution in [2.75, 3.05) is 14.2 Å². The molecule has 16 heavy (non-hydrogen) atoms. The van der Waals surface area contributed by atoms with E-state index in [1.807, 2.05) is 25.5 Å². The van der Waals surface area contributed by atoms with Gasteiger partial charge < -0.3 is 14.6 Å². The monoisotopic (exact) mass is 225 g/mol. The summed E-state index contributed by atoms with van der Waals surface area (Å²) in [4.78, 5) is 15.6. The summed E-state index contributed by atoms with van der Waals surface area (Å²) in [6, 6.07) is -0.366. The zero-order valence-electron chi connectivity index (χ0n) is 10.4. The highest BCUT2D eigenvalue weighted by Crippen LogP contribution is 2.22. The minimum atomic E-state index is -0.366. The Bertz CT molecular complexity index is 371. The molecule has 5 heteroatoms. The van der Waals surface area contributed by atoms with E-state index in [2.05, 4.69) is 10.3 Å². The summed E-state index contributed by atoms with van der Waals surface area (Å²) < 4.78 is 6.55. The van der Waals surface area contributed by atoms with Crippen LogP contribution in [0.1, 0.15) is 32.5 Å². The lowest BCUT2D eigenvalue weighted by Crippen LogP contribution is -2.36. The third kappa shape index (κ3) is 2.24. The van der Waals surface area contributed by atoms with Gasteiger partial charge in [-0.05, 0) is 27.8 Å². The van der Waals surface area contributed by atoms with Gasteiger partial charge in [-0.3, -0.25) is 0 Å². The second kappa shape index (κ2) is 4.65. The van der Waals surface area contributed by atoms with E-state index in [1.165, 1.54) is 7.11 Å². The van der Waals surface area contributed by atoms with Crippen LogP contribution < -0.4 is 5.32 Å². The molecule has 1 rings (SSSR count). The summed E-state index contributed by atoms with van der Waals surface area (Å²) in [5.41, 5.74) is 0.714. The van der Waals surface area contributed by atoms with E-state index in [1.54, 1.807) is 19.4 Å². The van der Waals surface area contributed by atoms with Crippen LogP contribution in [0.15, 0.2) is 12.5 Å². The molecule has 0 saturated heterocycles. The first-order chi connectivity index (χ1) is 7.44. The van der Waals surface area contributed by atoms with Gasteiger partial charge in [-0.15, -0.1) is 0 Å². The topological polar surface area (TPSA) is 56.2 Å². The molecule has 1 aromatic heterocycles. The molecule has 1 aromatic rings. The smallest absolute Gasteiger partial charge is 0.328 e. The molecular weight excluding hydrogens is 206 g/mol. The van der Waals surface area contributed by atoms with Crippen LogP contribution in [0.25, 0.3) is 0 Å². The van der Waals surface area contributed by atoms with E-state index >= 15 is 0 Å². The largest absolute Gasteiger partial charge is 0.467 e. The summed E-state index contributed by atoms with van der Waals surface area (Å²) in [6.07, 6.45) is 3.41. The van der Waals surface area contributed by atoms with E-state index in [0.717, 1.165) is 5.69 Å². The van der Waals surface area contributed by atoms with Crippen molar-refractivity contribution in [3.05, 3.63) is 18.2 Å². The minimum Gasteiger partial charge on any atom is -0.467 e. The van der Waals surface area contributed by atoms with Crippen molar-refractivity contribution < 1.29 is 9.53 Å². The number of carbonyl (C=O) groups excluding carboxylic acids is 1. The number of hydrogen-bond acceptors (Lipinski definition) is 4. The van der Waals surface area contributed by atoms with Gasteiger partial charge in [0.05, 0.1) is 30.9 Å². The van der Waals surface area contributed by atoms with Gasteiger partial charge in [0.2, 0.25) is 0 Å². The average molecular weight is 225 g/mol. The van der Waals surface area contributed by atoms with Crippen molar-refractivity contribution in [1.82, 2.24) is 14.9 Å². The lowest BCUT2D eigenvalue weighted by Gasteiger charge is -2.27. The molecular formula is C11H19N3O2. The highest BCUT2D eigenvalue weighted by atomic mass is 16.5. The first-order valence-electron chi connectivity index (χ1n) is 5.23. The van der Waals surface area contributed by atoms with Crippen molar-refractivity contribution in [3.63, 3.8) is 0 Å². The van der Waals surface area contributed by atoms with Crippen LogP contribution in [0.3, 0.4) is 0 Å². The molecule has 0 fully saturated rings. The van der Waals surface area contributed by atoms with E-state index in [0.29, 0.717) is 0 Å². The van der Waals surface area contributed by atoms with Gasteiger partial charge in [0.1, 0.15) is 6.04 Å². The summed E-state index contributed by atoms with van der Waals surface area (Å²) in [5.74, 6) is -0.272. The minimum absolute atomic E-state index is 0.237. The Morgan fingerprint density at radius 2 is 2.25 bits per heavy atom. The lowest BCUT2D eigenvalue weighted by atomic mass is 10.0. The molecule has 1 heterocycles. The summed E-state index contributed by atoms with van der Waals surface area (Å²) in [7, 11) is 3.26. The van der Waals surface area contributed by atoms with Crippen molar-refractivity contribution in [2.45, 2.75) is 32.4 Å². The second-order valence-corrected chi connectivity index (χ2v) is 4.26. The fraction of sp³-hybridized carbons (Fsp3) is 0.636. The second-order valence-electron chi connectivity index (χ2n) is 4.26. The Labute approximate surface area is 95.8 Å². The molecule has 0 amide bonds. The fourth-order valence-corrected chi connectivity index (χ4v) is 1.51. The molecule has 0 radical (unpaired) electrons. The highest BCUT2D eigenvalue weighted by Gasteiger charge is 2.26. The Morgan fingerprint density at radius 1 is 1.62 bits per heavy atom. The van der Waals surface area contributed by atoms with Crippen LogP contribution in [0.4, 0.5) is 0 Å². The molecule has 0 aliphatic heterocycles. The number of aromatic nitrogens is 2. The normalized spacial score (nSPS) is 13.6. The molecule has 0 bridgehead atoms. The van der Waals surface area contributed by atoms with Crippen molar-refractivity contribution in [1.29, 1.82) is 0 Å². The number of methoxy groups -OCH3 is 1. The van der Waals surface area contributed by atoms with Gasteiger partial charge in [0.15, 0.2) is 0 Å². The van der Waals surface area contributed by atoms with Gasteiger partial charge in [0.25, 0.3) is 0 Å². The molecule has 0 aromatic carbocycles. The maximum absolute atomic E-state index is 11.5. The van der Waals surface area contributed by atoms with Crippen molar-refractivity contribution >= 4 is 5.97 Å². The third-order valence-electron chi connectivity index (χ3n) is 2.89. The first kappa shape index (κ1) is 12.7. The summed E-state index contributed by atoms with van der Waals surface area (Å²) >= 11 is 0.